The van der Waals surface area contributed by atoms with Gasteiger partial charge in [0.2, 0.25) is 5.78 Å². The molecule has 0 amide bonds. The lowest BCUT2D eigenvalue weighted by atomic mass is 10.1. The number of carbonyl (C=O) groups excluding carboxylic acids is 2. The lowest BCUT2D eigenvalue weighted by Crippen LogP contribution is -2.24. The van der Waals surface area contributed by atoms with Crippen molar-refractivity contribution < 1.29 is 24.0 Å². The summed E-state index contributed by atoms with van der Waals surface area (Å²) in [6.07, 6.45) is -1.03. The van der Waals surface area contributed by atoms with Gasteiger partial charge in [-0.3, -0.25) is 14.9 Å². The van der Waals surface area contributed by atoms with Crippen LogP contribution < -0.4 is 4.74 Å². The van der Waals surface area contributed by atoms with E-state index in [1.165, 1.54) is 26.2 Å². The van der Waals surface area contributed by atoms with Crippen molar-refractivity contribution in [2.24, 2.45) is 0 Å². The van der Waals surface area contributed by atoms with Crippen LogP contribution in [0.25, 0.3) is 0 Å². The minimum absolute atomic E-state index is 0.0201. The van der Waals surface area contributed by atoms with E-state index in [-0.39, 0.29) is 17.0 Å². The summed E-state index contributed by atoms with van der Waals surface area (Å²) in [5, 5.41) is 11.0. The molecule has 1 atom stereocenters. The van der Waals surface area contributed by atoms with Crippen LogP contribution in [0.1, 0.15) is 33.2 Å². The zero-order valence-corrected chi connectivity index (χ0v) is 14.0. The Kier molecular flexibility index (Phi) is 5.49. The highest BCUT2D eigenvalue weighted by molar-refractivity contribution is 6.01. The molecule has 7 nitrogen and oxygen atoms in total. The van der Waals surface area contributed by atoms with Gasteiger partial charge in [0.05, 0.1) is 17.6 Å². The Morgan fingerprint density at radius 3 is 2.24 bits per heavy atom. The fourth-order valence-electron chi connectivity index (χ4n) is 2.21. The number of hydrogen-bond acceptors (Lipinski definition) is 6. The van der Waals surface area contributed by atoms with Crippen molar-refractivity contribution in [2.45, 2.75) is 20.0 Å². The molecule has 0 spiro atoms. The highest BCUT2D eigenvalue weighted by Gasteiger charge is 2.22. The summed E-state index contributed by atoms with van der Waals surface area (Å²) in [4.78, 5) is 34.9. The molecule has 0 aliphatic heterocycles. The van der Waals surface area contributed by atoms with Gasteiger partial charge in [0, 0.05) is 17.2 Å². The number of nitrogens with zero attached hydrogens (tertiary/aromatic N) is 1. The third kappa shape index (κ3) is 4.20. The Labute approximate surface area is 144 Å². The van der Waals surface area contributed by atoms with E-state index < -0.39 is 17.0 Å². The summed E-state index contributed by atoms with van der Waals surface area (Å²) in [5.74, 6) is -0.566. The number of esters is 1. The van der Waals surface area contributed by atoms with Crippen LogP contribution in [0.4, 0.5) is 5.69 Å². The Morgan fingerprint density at radius 1 is 1.08 bits per heavy atom. The lowest BCUT2D eigenvalue weighted by Gasteiger charge is -2.13. The summed E-state index contributed by atoms with van der Waals surface area (Å²) >= 11 is 0. The molecule has 0 aliphatic carbocycles. The molecular formula is C18H17NO6. The van der Waals surface area contributed by atoms with Crippen molar-refractivity contribution in [2.75, 3.05) is 7.11 Å². The van der Waals surface area contributed by atoms with Crippen molar-refractivity contribution in [3.63, 3.8) is 0 Å². The maximum absolute atomic E-state index is 12.3. The fourth-order valence-corrected chi connectivity index (χ4v) is 2.21. The Balaban J connectivity index is 2.12. The van der Waals surface area contributed by atoms with Crippen LogP contribution in [0.15, 0.2) is 42.5 Å². The molecule has 0 saturated heterocycles. The van der Waals surface area contributed by atoms with Crippen LogP contribution in [0, 0.1) is 17.0 Å². The summed E-state index contributed by atoms with van der Waals surface area (Å²) in [6, 6.07) is 10.4. The zero-order valence-electron chi connectivity index (χ0n) is 14.0. The largest absolute Gasteiger partial charge is 0.497 e. The summed E-state index contributed by atoms with van der Waals surface area (Å²) in [5.41, 5.74) is 0.648. The second kappa shape index (κ2) is 7.57. The third-order valence-corrected chi connectivity index (χ3v) is 3.67. The quantitative estimate of drug-likeness (QED) is 0.345. The summed E-state index contributed by atoms with van der Waals surface area (Å²) in [6.45, 7) is 3.02. The molecule has 25 heavy (non-hydrogen) atoms. The molecule has 2 aromatic carbocycles. The number of hydrogen-bond donors (Lipinski definition) is 0. The summed E-state index contributed by atoms with van der Waals surface area (Å²) < 4.78 is 10.2. The molecule has 0 N–H and O–H groups in total. The first-order valence-electron chi connectivity index (χ1n) is 7.47. The number of carbonyl (C=O) groups is 2. The van der Waals surface area contributed by atoms with E-state index in [0.29, 0.717) is 16.9 Å². The van der Waals surface area contributed by atoms with Crippen LogP contribution in [0.5, 0.6) is 5.75 Å². The van der Waals surface area contributed by atoms with Crippen molar-refractivity contribution in [3.05, 3.63) is 69.3 Å². The maximum atomic E-state index is 12.3. The number of ether oxygens (including phenoxy) is 2. The third-order valence-electron chi connectivity index (χ3n) is 3.67. The highest BCUT2D eigenvalue weighted by Crippen LogP contribution is 2.20. The number of Topliss-reactive ketones (excluding diaryl/α,β-unsaturated/α-hetero) is 1. The lowest BCUT2D eigenvalue weighted by molar-refractivity contribution is -0.385. The molecule has 0 saturated carbocycles. The minimum Gasteiger partial charge on any atom is -0.497 e. The van der Waals surface area contributed by atoms with E-state index in [1.807, 2.05) is 0 Å². The Bertz CT molecular complexity index is 813. The molecule has 0 aliphatic rings. The standard InChI is InChI=1S/C18H17NO6/c1-11-4-5-14(10-16(11)19(22)23)18(21)25-12(2)17(20)13-6-8-15(24-3)9-7-13/h4-10,12H,1-3H3. The van der Waals surface area contributed by atoms with Crippen LogP contribution in [0.2, 0.25) is 0 Å². The van der Waals surface area contributed by atoms with Gasteiger partial charge in [-0.05, 0) is 44.2 Å². The predicted octanol–water partition coefficient (Wildman–Crippen LogP) is 3.34. The zero-order chi connectivity index (χ0) is 18.6. The van der Waals surface area contributed by atoms with E-state index in [0.717, 1.165) is 6.07 Å². The minimum atomic E-state index is -1.03. The highest BCUT2D eigenvalue weighted by atomic mass is 16.6. The normalized spacial score (nSPS) is 11.5. The van der Waals surface area contributed by atoms with Gasteiger partial charge < -0.3 is 9.47 Å². The molecule has 0 aromatic heterocycles. The first kappa shape index (κ1) is 18.1. The predicted molar refractivity (Wildman–Crippen MR) is 90.0 cm³/mol. The number of aryl methyl sites for hydroxylation is 1. The average Bonchev–Trinajstić information content (AvgIpc) is 2.61. The molecule has 130 valence electrons. The number of nitro benzene ring substituents is 1. The number of benzene rings is 2. The maximum Gasteiger partial charge on any atom is 0.339 e. The van der Waals surface area contributed by atoms with Gasteiger partial charge >= 0.3 is 5.97 Å². The van der Waals surface area contributed by atoms with Crippen molar-refractivity contribution in [1.82, 2.24) is 0 Å². The molecule has 0 radical (unpaired) electrons. The Morgan fingerprint density at radius 2 is 1.68 bits per heavy atom. The van der Waals surface area contributed by atoms with Gasteiger partial charge in [-0.25, -0.2) is 4.79 Å². The number of rotatable bonds is 6. The van der Waals surface area contributed by atoms with Crippen molar-refractivity contribution in [3.8, 4) is 5.75 Å². The molecule has 2 rings (SSSR count). The number of nitro groups is 1. The summed E-state index contributed by atoms with van der Waals surface area (Å²) in [7, 11) is 1.52. The van der Waals surface area contributed by atoms with Crippen LogP contribution in [-0.2, 0) is 4.74 Å². The first-order chi connectivity index (χ1) is 11.8. The first-order valence-corrected chi connectivity index (χ1v) is 7.47. The van der Waals surface area contributed by atoms with E-state index in [1.54, 1.807) is 31.2 Å². The monoisotopic (exact) mass is 343 g/mol. The van der Waals surface area contributed by atoms with Gasteiger partial charge in [0.15, 0.2) is 6.10 Å². The van der Waals surface area contributed by atoms with Crippen LogP contribution >= 0.6 is 0 Å². The van der Waals surface area contributed by atoms with Crippen molar-refractivity contribution in [1.29, 1.82) is 0 Å². The van der Waals surface area contributed by atoms with Gasteiger partial charge in [-0.15, -0.1) is 0 Å². The van der Waals surface area contributed by atoms with Crippen molar-refractivity contribution >= 4 is 17.4 Å². The smallest absolute Gasteiger partial charge is 0.339 e. The van der Waals surface area contributed by atoms with E-state index in [9.17, 15) is 19.7 Å². The molecule has 2 aromatic rings. The molecule has 7 heteroatoms. The topological polar surface area (TPSA) is 95.7 Å². The van der Waals surface area contributed by atoms with E-state index in [2.05, 4.69) is 0 Å². The molecule has 0 bridgehead atoms. The Hall–Kier alpha value is -3.22. The van der Waals surface area contributed by atoms with Gasteiger partial charge in [0.25, 0.3) is 5.69 Å². The van der Waals surface area contributed by atoms with E-state index >= 15 is 0 Å². The van der Waals surface area contributed by atoms with Gasteiger partial charge in [-0.1, -0.05) is 6.07 Å². The average molecular weight is 343 g/mol. The molecule has 0 heterocycles. The van der Waals surface area contributed by atoms with Crippen LogP contribution in [-0.4, -0.2) is 29.9 Å². The fraction of sp³-hybridized carbons (Fsp3) is 0.222. The van der Waals surface area contributed by atoms with Gasteiger partial charge in [-0.2, -0.15) is 0 Å². The SMILES string of the molecule is COc1ccc(C(=O)C(C)OC(=O)c2ccc(C)c([N+](=O)[O-])c2)cc1. The molecular weight excluding hydrogens is 326 g/mol. The molecule has 0 fully saturated rings. The second-order valence-corrected chi connectivity index (χ2v) is 5.40. The molecule has 1 unspecified atom stereocenters. The van der Waals surface area contributed by atoms with Crippen LogP contribution in [0.3, 0.4) is 0 Å². The number of methoxy groups -OCH3 is 1. The second-order valence-electron chi connectivity index (χ2n) is 5.40. The number of ketones is 1. The van der Waals surface area contributed by atoms with E-state index in [4.69, 9.17) is 9.47 Å². The van der Waals surface area contributed by atoms with Gasteiger partial charge in [0.1, 0.15) is 5.75 Å².